The molecule has 0 saturated carbocycles. The minimum absolute atomic E-state index is 0.234. The summed E-state index contributed by atoms with van der Waals surface area (Å²) in [6.45, 7) is 2.21. The van der Waals surface area contributed by atoms with Crippen molar-refractivity contribution in [2.24, 2.45) is 7.05 Å². The lowest BCUT2D eigenvalue weighted by Crippen LogP contribution is -2.10. The molecule has 0 aliphatic rings. The van der Waals surface area contributed by atoms with E-state index in [1.165, 1.54) is 11.3 Å². The summed E-state index contributed by atoms with van der Waals surface area (Å²) in [4.78, 5) is 13.5. The van der Waals surface area contributed by atoms with Gasteiger partial charge in [-0.25, -0.2) is 9.97 Å². The number of methoxy groups -OCH3 is 1. The first-order chi connectivity index (χ1) is 16.6. The number of fused-ring (bicyclic) bond motifs is 1. The zero-order valence-electron chi connectivity index (χ0n) is 18.9. The van der Waals surface area contributed by atoms with Gasteiger partial charge in [0.25, 0.3) is 0 Å². The molecule has 1 unspecified atom stereocenters. The number of pyridine rings is 2. The van der Waals surface area contributed by atoms with Crippen molar-refractivity contribution in [1.82, 2.24) is 24.7 Å². The Morgan fingerprint density at radius 3 is 2.79 bits per heavy atom. The van der Waals surface area contributed by atoms with Crippen LogP contribution in [-0.4, -0.2) is 31.8 Å². The highest BCUT2D eigenvalue weighted by Crippen LogP contribution is 2.35. The van der Waals surface area contributed by atoms with E-state index < -0.39 is 0 Å². The van der Waals surface area contributed by atoms with Crippen molar-refractivity contribution in [2.75, 3.05) is 7.11 Å². The Morgan fingerprint density at radius 1 is 1.18 bits per heavy atom. The second-order valence-corrected chi connectivity index (χ2v) is 9.10. The first kappa shape index (κ1) is 22.5. The molecule has 4 aromatic heterocycles. The third-order valence-electron chi connectivity index (χ3n) is 5.63. The summed E-state index contributed by atoms with van der Waals surface area (Å²) in [5, 5.41) is 8.57. The third kappa shape index (κ3) is 4.16. The minimum Gasteiger partial charge on any atom is -0.487 e. The Balaban J connectivity index is 1.54. The monoisotopic (exact) mass is 491 g/mol. The standard InChI is InChI=1S/C25H22ClN5O2S/c1-15-11-17(21-7-8-29-31(21)2)16-5-4-6-22(23(16)30-15)33-14-19-18(12-27-13-20(19)26)24(32-3)25-28-9-10-34-25/h4-13,24H,14H2,1-3H3. The number of thiazole rings is 1. The summed E-state index contributed by atoms with van der Waals surface area (Å²) in [6, 6.07) is 10.0. The van der Waals surface area contributed by atoms with Crippen LogP contribution >= 0.6 is 22.9 Å². The summed E-state index contributed by atoms with van der Waals surface area (Å²) in [5.74, 6) is 0.673. The molecule has 0 radical (unpaired) electrons. The second-order valence-electron chi connectivity index (χ2n) is 7.77. The van der Waals surface area contributed by atoms with Crippen molar-refractivity contribution in [3.05, 3.63) is 87.4 Å². The van der Waals surface area contributed by atoms with E-state index in [1.54, 1.807) is 31.9 Å². The number of nitrogens with zero attached hydrogens (tertiary/aromatic N) is 5. The van der Waals surface area contributed by atoms with Crippen LogP contribution in [0.25, 0.3) is 22.2 Å². The van der Waals surface area contributed by atoms with Crippen molar-refractivity contribution in [3.63, 3.8) is 0 Å². The van der Waals surface area contributed by atoms with Gasteiger partial charge in [0, 0.05) is 72.1 Å². The van der Waals surface area contributed by atoms with E-state index in [0.717, 1.165) is 44.0 Å². The van der Waals surface area contributed by atoms with Crippen molar-refractivity contribution < 1.29 is 9.47 Å². The molecule has 34 heavy (non-hydrogen) atoms. The van der Waals surface area contributed by atoms with Crippen LogP contribution in [0, 0.1) is 6.92 Å². The van der Waals surface area contributed by atoms with Gasteiger partial charge in [-0.1, -0.05) is 23.7 Å². The van der Waals surface area contributed by atoms with Crippen LogP contribution in [0.4, 0.5) is 0 Å². The van der Waals surface area contributed by atoms with Gasteiger partial charge in [0.1, 0.15) is 29.0 Å². The maximum absolute atomic E-state index is 6.57. The van der Waals surface area contributed by atoms with Gasteiger partial charge >= 0.3 is 0 Å². The average Bonchev–Trinajstić information content (AvgIpc) is 3.51. The maximum Gasteiger partial charge on any atom is 0.146 e. The van der Waals surface area contributed by atoms with Gasteiger partial charge in [0.05, 0.1) is 10.7 Å². The van der Waals surface area contributed by atoms with Crippen LogP contribution in [0.5, 0.6) is 5.75 Å². The Bertz CT molecular complexity index is 1450. The van der Waals surface area contributed by atoms with Crippen LogP contribution in [0.3, 0.4) is 0 Å². The molecule has 0 fully saturated rings. The number of hydrogen-bond acceptors (Lipinski definition) is 7. The lowest BCUT2D eigenvalue weighted by atomic mass is 10.0. The molecule has 0 bridgehead atoms. The van der Waals surface area contributed by atoms with E-state index in [2.05, 4.69) is 21.1 Å². The van der Waals surface area contributed by atoms with E-state index in [0.29, 0.717) is 10.8 Å². The number of aromatic nitrogens is 5. The first-order valence-corrected chi connectivity index (χ1v) is 11.9. The molecule has 5 aromatic rings. The van der Waals surface area contributed by atoms with Crippen LogP contribution in [-0.2, 0) is 18.4 Å². The van der Waals surface area contributed by atoms with Gasteiger partial charge in [-0.05, 0) is 25.1 Å². The van der Waals surface area contributed by atoms with Crippen molar-refractivity contribution >= 4 is 33.8 Å². The molecule has 0 amide bonds. The normalized spacial score (nSPS) is 12.2. The highest BCUT2D eigenvalue weighted by molar-refractivity contribution is 7.09. The lowest BCUT2D eigenvalue weighted by Gasteiger charge is -2.19. The first-order valence-electron chi connectivity index (χ1n) is 10.6. The fraction of sp³-hybridized carbons (Fsp3) is 0.200. The smallest absolute Gasteiger partial charge is 0.146 e. The largest absolute Gasteiger partial charge is 0.487 e. The number of ether oxygens (including phenoxy) is 2. The van der Waals surface area contributed by atoms with E-state index in [4.69, 9.17) is 26.1 Å². The fourth-order valence-electron chi connectivity index (χ4n) is 4.05. The van der Waals surface area contributed by atoms with Gasteiger partial charge in [0.2, 0.25) is 0 Å². The number of hydrogen-bond donors (Lipinski definition) is 0. The van der Waals surface area contributed by atoms with Crippen molar-refractivity contribution in [3.8, 4) is 17.0 Å². The molecule has 1 atom stereocenters. The molecule has 0 N–H and O–H groups in total. The number of para-hydroxylation sites is 1. The topological polar surface area (TPSA) is 75.0 Å². The Kier molecular flexibility index (Phi) is 6.28. The van der Waals surface area contributed by atoms with Crippen LogP contribution in [0.15, 0.2) is 60.5 Å². The molecule has 1 aromatic carbocycles. The van der Waals surface area contributed by atoms with Crippen molar-refractivity contribution in [1.29, 1.82) is 0 Å². The maximum atomic E-state index is 6.57. The molecular weight excluding hydrogens is 470 g/mol. The average molecular weight is 492 g/mol. The van der Waals surface area contributed by atoms with Crippen molar-refractivity contribution in [2.45, 2.75) is 19.6 Å². The van der Waals surface area contributed by atoms with Gasteiger partial charge in [-0.2, -0.15) is 5.10 Å². The second kappa shape index (κ2) is 9.50. The number of benzene rings is 1. The van der Waals surface area contributed by atoms with Crippen LogP contribution in [0.2, 0.25) is 5.02 Å². The van der Waals surface area contributed by atoms with E-state index in [9.17, 15) is 0 Å². The molecule has 5 rings (SSSR count). The lowest BCUT2D eigenvalue weighted by molar-refractivity contribution is 0.133. The fourth-order valence-corrected chi connectivity index (χ4v) is 5.00. The zero-order chi connectivity index (χ0) is 23.7. The molecule has 0 saturated heterocycles. The Labute approximate surface area is 206 Å². The number of halogens is 1. The Hall–Kier alpha value is -3.33. The molecule has 9 heteroatoms. The van der Waals surface area contributed by atoms with Gasteiger partial charge in [-0.3, -0.25) is 9.67 Å². The minimum atomic E-state index is -0.380. The van der Waals surface area contributed by atoms with Crippen LogP contribution in [0.1, 0.15) is 27.9 Å². The highest BCUT2D eigenvalue weighted by Gasteiger charge is 2.22. The molecular formula is C25H22ClN5O2S. The third-order valence-corrected chi connectivity index (χ3v) is 6.78. The van der Waals surface area contributed by atoms with E-state index >= 15 is 0 Å². The molecule has 0 aliphatic heterocycles. The molecule has 172 valence electrons. The van der Waals surface area contributed by atoms with E-state index in [1.807, 2.05) is 48.3 Å². The van der Waals surface area contributed by atoms with Gasteiger partial charge < -0.3 is 9.47 Å². The highest BCUT2D eigenvalue weighted by atomic mass is 35.5. The van der Waals surface area contributed by atoms with Gasteiger partial charge in [0.15, 0.2) is 0 Å². The number of rotatable bonds is 7. The summed E-state index contributed by atoms with van der Waals surface area (Å²) in [7, 11) is 3.58. The zero-order valence-corrected chi connectivity index (χ0v) is 20.5. The molecule has 7 nitrogen and oxygen atoms in total. The molecule has 4 heterocycles. The van der Waals surface area contributed by atoms with Crippen LogP contribution < -0.4 is 4.74 Å². The molecule has 0 aliphatic carbocycles. The number of aryl methyl sites for hydroxylation is 2. The summed E-state index contributed by atoms with van der Waals surface area (Å²) >= 11 is 8.09. The molecule has 0 spiro atoms. The predicted molar refractivity (Wildman–Crippen MR) is 133 cm³/mol. The summed E-state index contributed by atoms with van der Waals surface area (Å²) < 4.78 is 13.9. The SMILES string of the molecule is COC(c1nccs1)c1cncc(Cl)c1COc1cccc2c(-c3ccnn3C)cc(C)nc12. The van der Waals surface area contributed by atoms with E-state index in [-0.39, 0.29) is 12.7 Å². The predicted octanol–water partition coefficient (Wildman–Crippen LogP) is 5.76. The summed E-state index contributed by atoms with van der Waals surface area (Å²) in [6.07, 6.45) is 6.54. The Morgan fingerprint density at radius 2 is 2.06 bits per heavy atom. The quantitative estimate of drug-likeness (QED) is 0.288. The summed E-state index contributed by atoms with van der Waals surface area (Å²) in [5.41, 5.74) is 5.37. The van der Waals surface area contributed by atoms with Gasteiger partial charge in [-0.15, -0.1) is 11.3 Å².